The summed E-state index contributed by atoms with van der Waals surface area (Å²) in [6.45, 7) is 5.84. The second kappa shape index (κ2) is 4.94. The molecule has 0 aliphatic heterocycles. The first-order valence-corrected chi connectivity index (χ1v) is 5.12. The van der Waals surface area contributed by atoms with Gasteiger partial charge in [-0.1, -0.05) is 29.8 Å². The van der Waals surface area contributed by atoms with Crippen molar-refractivity contribution in [2.45, 2.75) is 32.9 Å². The van der Waals surface area contributed by atoms with Crippen molar-refractivity contribution in [3.05, 3.63) is 35.4 Å². The minimum Gasteiger partial charge on any atom is -0.368 e. The van der Waals surface area contributed by atoms with Crippen molar-refractivity contribution in [1.82, 2.24) is 5.32 Å². The molecule has 1 aromatic rings. The molecule has 0 saturated heterocycles. The summed E-state index contributed by atoms with van der Waals surface area (Å²) in [4.78, 5) is 10.9. The van der Waals surface area contributed by atoms with Crippen LogP contribution in [-0.2, 0) is 4.79 Å². The lowest BCUT2D eigenvalue weighted by atomic mass is 10.1. The molecule has 0 spiro atoms. The maximum absolute atomic E-state index is 10.9. The van der Waals surface area contributed by atoms with Crippen LogP contribution in [0.3, 0.4) is 0 Å². The molecule has 3 nitrogen and oxygen atoms in total. The predicted octanol–water partition coefficient (Wildman–Crippen LogP) is 1.52. The fourth-order valence-electron chi connectivity index (χ4n) is 1.41. The van der Waals surface area contributed by atoms with Gasteiger partial charge in [0.1, 0.15) is 0 Å². The van der Waals surface area contributed by atoms with Crippen LogP contribution in [0.5, 0.6) is 0 Å². The van der Waals surface area contributed by atoms with Crippen molar-refractivity contribution < 1.29 is 4.79 Å². The zero-order chi connectivity index (χ0) is 11.4. The topological polar surface area (TPSA) is 55.1 Å². The highest BCUT2D eigenvalue weighted by Gasteiger charge is 2.12. The molecule has 0 aromatic heterocycles. The number of aryl methyl sites for hydroxylation is 1. The van der Waals surface area contributed by atoms with Crippen molar-refractivity contribution in [1.29, 1.82) is 0 Å². The van der Waals surface area contributed by atoms with Gasteiger partial charge < -0.3 is 5.73 Å². The number of carbonyl (C=O) groups excluding carboxylic acids is 1. The number of amides is 1. The van der Waals surface area contributed by atoms with Crippen molar-refractivity contribution in [3.63, 3.8) is 0 Å². The summed E-state index contributed by atoms with van der Waals surface area (Å²) in [6.07, 6.45) is 0. The largest absolute Gasteiger partial charge is 0.368 e. The molecule has 0 saturated carbocycles. The Balaban J connectivity index is 2.64. The molecule has 2 atom stereocenters. The molecule has 1 rings (SSSR count). The molecule has 1 amide bonds. The van der Waals surface area contributed by atoms with Gasteiger partial charge in [-0.15, -0.1) is 0 Å². The SMILES string of the molecule is Cc1ccc([C@@H](C)NC(C)C(N)=O)cc1. The Bertz CT molecular complexity index is 332. The van der Waals surface area contributed by atoms with Crippen molar-refractivity contribution in [2.24, 2.45) is 5.73 Å². The monoisotopic (exact) mass is 206 g/mol. The molecule has 1 unspecified atom stereocenters. The second-order valence-corrected chi connectivity index (χ2v) is 3.92. The molecule has 0 heterocycles. The first kappa shape index (κ1) is 11.7. The van der Waals surface area contributed by atoms with Crippen LogP contribution in [0.15, 0.2) is 24.3 Å². The molecular weight excluding hydrogens is 188 g/mol. The van der Waals surface area contributed by atoms with Gasteiger partial charge in [0.05, 0.1) is 6.04 Å². The Kier molecular flexibility index (Phi) is 3.86. The molecule has 3 N–H and O–H groups in total. The van der Waals surface area contributed by atoms with Gasteiger partial charge in [0.25, 0.3) is 0 Å². The lowest BCUT2D eigenvalue weighted by molar-refractivity contribution is -0.119. The van der Waals surface area contributed by atoms with Crippen LogP contribution in [0.25, 0.3) is 0 Å². The van der Waals surface area contributed by atoms with E-state index in [1.54, 1.807) is 6.92 Å². The van der Waals surface area contributed by atoms with Gasteiger partial charge in [0, 0.05) is 6.04 Å². The zero-order valence-electron chi connectivity index (χ0n) is 9.45. The molecule has 15 heavy (non-hydrogen) atoms. The molecule has 82 valence electrons. The van der Waals surface area contributed by atoms with Crippen molar-refractivity contribution >= 4 is 5.91 Å². The van der Waals surface area contributed by atoms with E-state index in [0.29, 0.717) is 0 Å². The van der Waals surface area contributed by atoms with E-state index in [1.165, 1.54) is 5.56 Å². The lowest BCUT2D eigenvalue weighted by Crippen LogP contribution is -2.39. The fraction of sp³-hybridized carbons (Fsp3) is 0.417. The number of primary amides is 1. The number of hydrogen-bond acceptors (Lipinski definition) is 2. The van der Waals surface area contributed by atoms with Crippen LogP contribution in [0.1, 0.15) is 31.0 Å². The highest BCUT2D eigenvalue weighted by molar-refractivity contribution is 5.79. The van der Waals surface area contributed by atoms with Crippen LogP contribution in [0.4, 0.5) is 0 Å². The van der Waals surface area contributed by atoms with Gasteiger partial charge in [0.2, 0.25) is 5.91 Å². The minimum absolute atomic E-state index is 0.132. The van der Waals surface area contributed by atoms with Crippen LogP contribution < -0.4 is 11.1 Å². The van der Waals surface area contributed by atoms with Gasteiger partial charge in [0.15, 0.2) is 0 Å². The first-order valence-electron chi connectivity index (χ1n) is 5.12. The molecule has 0 fully saturated rings. The van der Waals surface area contributed by atoms with E-state index in [1.807, 2.05) is 13.8 Å². The highest BCUT2D eigenvalue weighted by atomic mass is 16.1. The summed E-state index contributed by atoms with van der Waals surface area (Å²) in [5.41, 5.74) is 7.58. The normalized spacial score (nSPS) is 14.6. The van der Waals surface area contributed by atoms with E-state index in [2.05, 4.69) is 29.6 Å². The minimum atomic E-state index is -0.325. The van der Waals surface area contributed by atoms with Gasteiger partial charge in [-0.3, -0.25) is 10.1 Å². The third-order valence-corrected chi connectivity index (χ3v) is 2.50. The average molecular weight is 206 g/mol. The summed E-state index contributed by atoms with van der Waals surface area (Å²) < 4.78 is 0. The number of rotatable bonds is 4. The molecule has 0 aliphatic rings. The number of hydrogen-bond donors (Lipinski definition) is 2. The van der Waals surface area contributed by atoms with Crippen LogP contribution in [0, 0.1) is 6.92 Å². The van der Waals surface area contributed by atoms with E-state index in [4.69, 9.17) is 5.73 Å². The van der Waals surface area contributed by atoms with E-state index >= 15 is 0 Å². The molecule has 0 radical (unpaired) electrons. The standard InChI is InChI=1S/C12H18N2O/c1-8-4-6-11(7-5-8)9(2)14-10(3)12(13)15/h4-7,9-10,14H,1-3H3,(H2,13,15)/t9-,10?/m1/s1. The van der Waals surface area contributed by atoms with Gasteiger partial charge in [-0.05, 0) is 26.3 Å². The van der Waals surface area contributed by atoms with E-state index in [-0.39, 0.29) is 18.0 Å². The molecular formula is C12H18N2O. The van der Waals surface area contributed by atoms with Crippen molar-refractivity contribution in [3.8, 4) is 0 Å². The Morgan fingerprint density at radius 2 is 1.80 bits per heavy atom. The van der Waals surface area contributed by atoms with Crippen molar-refractivity contribution in [2.75, 3.05) is 0 Å². The maximum Gasteiger partial charge on any atom is 0.234 e. The van der Waals surface area contributed by atoms with Gasteiger partial charge in [-0.2, -0.15) is 0 Å². The third-order valence-electron chi connectivity index (χ3n) is 2.50. The molecule has 0 bridgehead atoms. The summed E-state index contributed by atoms with van der Waals surface area (Å²) in [6, 6.07) is 8.06. The van der Waals surface area contributed by atoms with Gasteiger partial charge >= 0.3 is 0 Å². The highest BCUT2D eigenvalue weighted by Crippen LogP contribution is 2.13. The summed E-state index contributed by atoms with van der Waals surface area (Å²) in [5, 5.41) is 3.14. The van der Waals surface area contributed by atoms with E-state index in [9.17, 15) is 4.79 Å². The fourth-order valence-corrected chi connectivity index (χ4v) is 1.41. The quantitative estimate of drug-likeness (QED) is 0.784. The molecule has 1 aromatic carbocycles. The summed E-state index contributed by atoms with van der Waals surface area (Å²) in [5.74, 6) is -0.325. The maximum atomic E-state index is 10.9. The summed E-state index contributed by atoms with van der Waals surface area (Å²) >= 11 is 0. The molecule has 3 heteroatoms. The Morgan fingerprint density at radius 1 is 1.27 bits per heavy atom. The van der Waals surface area contributed by atoms with Crippen LogP contribution in [-0.4, -0.2) is 11.9 Å². The van der Waals surface area contributed by atoms with E-state index in [0.717, 1.165) is 5.56 Å². The molecule has 0 aliphatic carbocycles. The zero-order valence-corrected chi connectivity index (χ0v) is 9.45. The van der Waals surface area contributed by atoms with Gasteiger partial charge in [-0.25, -0.2) is 0 Å². The Morgan fingerprint density at radius 3 is 2.27 bits per heavy atom. The lowest BCUT2D eigenvalue weighted by Gasteiger charge is -2.18. The summed E-state index contributed by atoms with van der Waals surface area (Å²) in [7, 11) is 0. The van der Waals surface area contributed by atoms with Crippen LogP contribution in [0.2, 0.25) is 0 Å². The van der Waals surface area contributed by atoms with E-state index < -0.39 is 0 Å². The Labute approximate surface area is 90.7 Å². The number of benzene rings is 1. The van der Waals surface area contributed by atoms with Crippen LogP contribution >= 0.6 is 0 Å². The number of nitrogens with two attached hydrogens (primary N) is 1. The smallest absolute Gasteiger partial charge is 0.234 e. The number of nitrogens with one attached hydrogen (secondary N) is 1. The third kappa shape index (κ3) is 3.36. The second-order valence-electron chi connectivity index (χ2n) is 3.92. The first-order chi connectivity index (χ1) is 7.00. The predicted molar refractivity (Wildman–Crippen MR) is 61.4 cm³/mol. The average Bonchev–Trinajstić information content (AvgIpc) is 2.18. The number of carbonyl (C=O) groups is 1. The Hall–Kier alpha value is -1.35.